The molecule has 0 spiro atoms. The van der Waals surface area contributed by atoms with Gasteiger partial charge in [-0.05, 0) is 64.2 Å². The molecule has 0 aliphatic carbocycles. The van der Waals surface area contributed by atoms with Gasteiger partial charge in [-0.1, -0.05) is 38.0 Å². The van der Waals surface area contributed by atoms with E-state index in [4.69, 9.17) is 10.5 Å². The fourth-order valence-corrected chi connectivity index (χ4v) is 3.83. The van der Waals surface area contributed by atoms with Crippen molar-refractivity contribution in [2.75, 3.05) is 20.2 Å². The molecule has 0 aliphatic rings. The number of esters is 1. The first-order chi connectivity index (χ1) is 18.2. The van der Waals surface area contributed by atoms with Crippen molar-refractivity contribution in [1.82, 2.24) is 15.5 Å². The number of unbranched alkanes of at least 4 members (excludes halogenated alkanes) is 2. The third-order valence-corrected chi connectivity index (χ3v) is 6.00. The maximum absolute atomic E-state index is 14.0. The SMILES string of the molecule is CCCCCN(C(=O)C(CCC(N)=O)NC(=O)OC(C)(C)C)C(C(=O)NCC(=O)OC)c1ccc(C)c(C)c1. The molecule has 1 aromatic rings. The Hall–Kier alpha value is -3.63. The molecular formula is C28H44N4O7. The molecule has 0 heterocycles. The third-order valence-electron chi connectivity index (χ3n) is 6.00. The van der Waals surface area contributed by atoms with E-state index in [1.54, 1.807) is 26.8 Å². The zero-order valence-corrected chi connectivity index (χ0v) is 24.2. The van der Waals surface area contributed by atoms with Crippen LogP contribution in [-0.2, 0) is 28.7 Å². The van der Waals surface area contributed by atoms with Crippen LogP contribution in [0.25, 0.3) is 0 Å². The van der Waals surface area contributed by atoms with Crippen LogP contribution in [-0.4, -0.2) is 66.5 Å². The lowest BCUT2D eigenvalue weighted by Crippen LogP contribution is -2.53. The summed E-state index contributed by atoms with van der Waals surface area (Å²) in [6.45, 7) is 10.7. The van der Waals surface area contributed by atoms with Gasteiger partial charge >= 0.3 is 12.1 Å². The summed E-state index contributed by atoms with van der Waals surface area (Å²) in [6, 6.07) is 3.12. The first-order valence-electron chi connectivity index (χ1n) is 13.2. The van der Waals surface area contributed by atoms with Crippen molar-refractivity contribution < 1.29 is 33.4 Å². The van der Waals surface area contributed by atoms with E-state index in [-0.39, 0.29) is 25.9 Å². The Bertz CT molecular complexity index is 1020. The number of benzene rings is 1. The van der Waals surface area contributed by atoms with Gasteiger partial charge < -0.3 is 30.7 Å². The van der Waals surface area contributed by atoms with Crippen molar-refractivity contribution >= 4 is 29.8 Å². The molecule has 0 bridgehead atoms. The second kappa shape index (κ2) is 15.7. The standard InChI is InChI=1S/C28H44N4O7/c1-8-9-10-15-32(26(36)21(13-14-22(29)33)31-27(37)39-28(4,5)6)24(25(35)30-17-23(34)38-7)20-12-11-18(2)19(3)16-20/h11-12,16,21,24H,8-10,13-15,17H2,1-7H3,(H2,29,33)(H,30,35)(H,31,37). The summed E-state index contributed by atoms with van der Waals surface area (Å²) < 4.78 is 9.98. The third kappa shape index (κ3) is 11.7. The molecule has 1 rings (SSSR count). The van der Waals surface area contributed by atoms with Gasteiger partial charge in [-0.3, -0.25) is 19.2 Å². The summed E-state index contributed by atoms with van der Waals surface area (Å²) in [5.74, 6) is -2.44. The number of rotatable bonds is 14. The lowest BCUT2D eigenvalue weighted by Gasteiger charge is -2.34. The second-order valence-electron chi connectivity index (χ2n) is 10.5. The van der Waals surface area contributed by atoms with Crippen LogP contribution in [0.4, 0.5) is 4.79 Å². The highest BCUT2D eigenvalue weighted by molar-refractivity contribution is 5.93. The molecule has 39 heavy (non-hydrogen) atoms. The smallest absolute Gasteiger partial charge is 0.408 e. The van der Waals surface area contributed by atoms with Crippen molar-refractivity contribution in [3.8, 4) is 0 Å². The van der Waals surface area contributed by atoms with Crippen LogP contribution in [0.3, 0.4) is 0 Å². The predicted molar refractivity (Wildman–Crippen MR) is 147 cm³/mol. The monoisotopic (exact) mass is 548 g/mol. The van der Waals surface area contributed by atoms with Crippen LogP contribution < -0.4 is 16.4 Å². The Morgan fingerprint density at radius 3 is 2.26 bits per heavy atom. The summed E-state index contributed by atoms with van der Waals surface area (Å²) >= 11 is 0. The number of amides is 4. The molecule has 0 saturated carbocycles. The van der Waals surface area contributed by atoms with Gasteiger partial charge in [-0.15, -0.1) is 0 Å². The molecule has 0 fully saturated rings. The lowest BCUT2D eigenvalue weighted by molar-refractivity contribution is -0.145. The summed E-state index contributed by atoms with van der Waals surface area (Å²) in [5.41, 5.74) is 6.98. The normalized spacial score (nSPS) is 12.6. The Labute approximate surface area is 231 Å². The van der Waals surface area contributed by atoms with E-state index in [0.29, 0.717) is 12.0 Å². The Kier molecular flexibility index (Phi) is 13.4. The van der Waals surface area contributed by atoms with Gasteiger partial charge in [0.2, 0.25) is 17.7 Å². The number of nitrogens with one attached hydrogen (secondary N) is 2. The molecule has 0 aromatic heterocycles. The average molecular weight is 549 g/mol. The summed E-state index contributed by atoms with van der Waals surface area (Å²) in [6.07, 6.45) is 1.16. The summed E-state index contributed by atoms with van der Waals surface area (Å²) in [7, 11) is 1.21. The number of hydrogen-bond acceptors (Lipinski definition) is 7. The number of nitrogens with zero attached hydrogens (tertiary/aromatic N) is 1. The van der Waals surface area contributed by atoms with Gasteiger partial charge in [0, 0.05) is 13.0 Å². The molecule has 11 heteroatoms. The number of aryl methyl sites for hydroxylation is 2. The number of methoxy groups -OCH3 is 1. The van der Waals surface area contributed by atoms with E-state index in [2.05, 4.69) is 15.4 Å². The molecule has 11 nitrogen and oxygen atoms in total. The van der Waals surface area contributed by atoms with Gasteiger partial charge in [-0.25, -0.2) is 4.79 Å². The Morgan fingerprint density at radius 2 is 1.72 bits per heavy atom. The minimum absolute atomic E-state index is 0.0822. The van der Waals surface area contributed by atoms with Crippen molar-refractivity contribution in [2.24, 2.45) is 5.73 Å². The molecule has 4 amide bonds. The molecule has 2 atom stereocenters. The molecule has 0 radical (unpaired) electrons. The van der Waals surface area contributed by atoms with Gasteiger partial charge in [0.05, 0.1) is 7.11 Å². The van der Waals surface area contributed by atoms with Crippen molar-refractivity contribution in [3.05, 3.63) is 34.9 Å². The summed E-state index contributed by atoms with van der Waals surface area (Å²) in [5, 5.41) is 5.12. The molecule has 4 N–H and O–H groups in total. The molecule has 218 valence electrons. The van der Waals surface area contributed by atoms with E-state index < -0.39 is 47.5 Å². The van der Waals surface area contributed by atoms with E-state index in [0.717, 1.165) is 24.0 Å². The maximum atomic E-state index is 14.0. The topological polar surface area (TPSA) is 157 Å². The minimum Gasteiger partial charge on any atom is -0.468 e. The highest BCUT2D eigenvalue weighted by atomic mass is 16.6. The number of hydrogen-bond donors (Lipinski definition) is 3. The largest absolute Gasteiger partial charge is 0.468 e. The van der Waals surface area contributed by atoms with Crippen LogP contribution >= 0.6 is 0 Å². The molecule has 1 aromatic carbocycles. The number of primary amides is 1. The zero-order chi connectivity index (χ0) is 29.8. The van der Waals surface area contributed by atoms with Crippen LogP contribution in [0, 0.1) is 13.8 Å². The Morgan fingerprint density at radius 1 is 1.05 bits per heavy atom. The number of ether oxygens (including phenoxy) is 2. The van der Waals surface area contributed by atoms with Gasteiger partial charge in [-0.2, -0.15) is 0 Å². The van der Waals surface area contributed by atoms with E-state index in [1.807, 2.05) is 32.9 Å². The fraction of sp³-hybridized carbons (Fsp3) is 0.607. The molecule has 0 saturated heterocycles. The van der Waals surface area contributed by atoms with Gasteiger partial charge in [0.25, 0.3) is 0 Å². The van der Waals surface area contributed by atoms with Crippen molar-refractivity contribution in [2.45, 2.75) is 91.3 Å². The quantitative estimate of drug-likeness (QED) is 0.238. The fourth-order valence-electron chi connectivity index (χ4n) is 3.83. The van der Waals surface area contributed by atoms with Crippen LogP contribution in [0.5, 0.6) is 0 Å². The number of carbonyl (C=O) groups excluding carboxylic acids is 5. The van der Waals surface area contributed by atoms with E-state index in [9.17, 15) is 24.0 Å². The number of nitrogens with two attached hydrogens (primary N) is 1. The van der Waals surface area contributed by atoms with Crippen LogP contribution in [0.1, 0.15) is 82.5 Å². The first-order valence-corrected chi connectivity index (χ1v) is 13.2. The first kappa shape index (κ1) is 33.4. The molecular weight excluding hydrogens is 504 g/mol. The highest BCUT2D eigenvalue weighted by Gasteiger charge is 2.36. The summed E-state index contributed by atoms with van der Waals surface area (Å²) in [4.78, 5) is 64.9. The number of carbonyl (C=O) groups is 5. The maximum Gasteiger partial charge on any atom is 0.408 e. The zero-order valence-electron chi connectivity index (χ0n) is 24.2. The van der Waals surface area contributed by atoms with E-state index >= 15 is 0 Å². The predicted octanol–water partition coefficient (Wildman–Crippen LogP) is 2.81. The molecule has 2 unspecified atom stereocenters. The minimum atomic E-state index is -1.18. The lowest BCUT2D eigenvalue weighted by atomic mass is 9.97. The van der Waals surface area contributed by atoms with Crippen molar-refractivity contribution in [3.63, 3.8) is 0 Å². The number of alkyl carbamates (subject to hydrolysis) is 1. The van der Waals surface area contributed by atoms with Crippen LogP contribution in [0.15, 0.2) is 18.2 Å². The van der Waals surface area contributed by atoms with Gasteiger partial charge in [0.15, 0.2) is 0 Å². The highest BCUT2D eigenvalue weighted by Crippen LogP contribution is 2.26. The Balaban J connectivity index is 3.55. The average Bonchev–Trinajstić information content (AvgIpc) is 2.84. The second-order valence-corrected chi connectivity index (χ2v) is 10.5. The van der Waals surface area contributed by atoms with Gasteiger partial charge in [0.1, 0.15) is 24.2 Å². The molecule has 0 aliphatic heterocycles. The van der Waals surface area contributed by atoms with E-state index in [1.165, 1.54) is 12.0 Å². The van der Waals surface area contributed by atoms with Crippen LogP contribution in [0.2, 0.25) is 0 Å². The van der Waals surface area contributed by atoms with Crippen molar-refractivity contribution in [1.29, 1.82) is 0 Å².